The molecule has 4 rings (SSSR count). The zero-order valence-electron chi connectivity index (χ0n) is 18.8. The number of hydrogen-bond acceptors (Lipinski definition) is 3. The van der Waals surface area contributed by atoms with Crippen LogP contribution < -0.4 is 10.6 Å². The first-order chi connectivity index (χ1) is 16.5. The van der Waals surface area contributed by atoms with Crippen molar-refractivity contribution in [1.29, 1.82) is 0 Å². The lowest BCUT2D eigenvalue weighted by atomic mass is 10.1. The summed E-state index contributed by atoms with van der Waals surface area (Å²) in [6.45, 7) is 2.53. The molecule has 1 aromatic heterocycles. The highest BCUT2D eigenvalue weighted by Crippen LogP contribution is 2.24. The van der Waals surface area contributed by atoms with Crippen LogP contribution in [0.3, 0.4) is 0 Å². The first kappa shape index (κ1) is 22.9. The number of benzene rings is 3. The minimum absolute atomic E-state index is 0.148. The number of nitrogens with one attached hydrogen (secondary N) is 2. The van der Waals surface area contributed by atoms with Gasteiger partial charge in [0.15, 0.2) is 0 Å². The Balaban J connectivity index is 1.42. The van der Waals surface area contributed by atoms with Gasteiger partial charge in [-0.2, -0.15) is 5.10 Å². The molecule has 0 aliphatic carbocycles. The molecule has 0 fully saturated rings. The first-order valence-electron chi connectivity index (χ1n) is 11.0. The number of halogens is 1. The summed E-state index contributed by atoms with van der Waals surface area (Å²) in [4.78, 5) is 25.1. The van der Waals surface area contributed by atoms with Crippen LogP contribution in [0, 0.1) is 12.7 Å². The fraction of sp³-hybridized carbons (Fsp3) is 0.148. The molecule has 0 bridgehead atoms. The van der Waals surface area contributed by atoms with E-state index < -0.39 is 0 Å². The Morgan fingerprint density at radius 1 is 0.912 bits per heavy atom. The zero-order valence-corrected chi connectivity index (χ0v) is 18.8. The summed E-state index contributed by atoms with van der Waals surface area (Å²) in [5, 5.41) is 10.3. The molecule has 34 heavy (non-hydrogen) atoms. The summed E-state index contributed by atoms with van der Waals surface area (Å²) < 4.78 is 14.7. The summed E-state index contributed by atoms with van der Waals surface area (Å²) in [6.07, 6.45) is 1.87. The van der Waals surface area contributed by atoms with Crippen LogP contribution in [0.2, 0.25) is 0 Å². The van der Waals surface area contributed by atoms with Crippen molar-refractivity contribution in [3.8, 4) is 16.9 Å². The van der Waals surface area contributed by atoms with E-state index in [0.29, 0.717) is 11.3 Å². The predicted octanol–water partition coefficient (Wildman–Crippen LogP) is 4.08. The Bertz CT molecular complexity index is 1280. The van der Waals surface area contributed by atoms with Crippen molar-refractivity contribution in [2.45, 2.75) is 13.3 Å². The van der Waals surface area contributed by atoms with Crippen molar-refractivity contribution < 1.29 is 14.0 Å². The Hall–Kier alpha value is -4.26. The zero-order chi connectivity index (χ0) is 23.9. The van der Waals surface area contributed by atoms with Crippen LogP contribution in [0.25, 0.3) is 16.9 Å². The van der Waals surface area contributed by atoms with Crippen molar-refractivity contribution in [2.24, 2.45) is 0 Å². The molecule has 0 unspecified atom stereocenters. The van der Waals surface area contributed by atoms with E-state index in [-0.39, 0.29) is 37.1 Å². The van der Waals surface area contributed by atoms with Crippen molar-refractivity contribution in [1.82, 2.24) is 20.4 Å². The van der Waals surface area contributed by atoms with Crippen LogP contribution in [0.5, 0.6) is 0 Å². The highest BCUT2D eigenvalue weighted by molar-refractivity contribution is 6.00. The molecular formula is C27H25FN4O2. The molecule has 6 nitrogen and oxygen atoms in total. The van der Waals surface area contributed by atoms with Gasteiger partial charge in [-0.25, -0.2) is 9.07 Å². The third kappa shape index (κ3) is 5.75. The molecule has 0 saturated carbocycles. The number of rotatable bonds is 8. The average molecular weight is 457 g/mol. The third-order valence-corrected chi connectivity index (χ3v) is 5.28. The second kappa shape index (κ2) is 10.6. The number of nitrogens with zero attached hydrogens (tertiary/aromatic N) is 2. The lowest BCUT2D eigenvalue weighted by molar-refractivity contribution is -0.120. The normalized spacial score (nSPS) is 10.6. The summed E-state index contributed by atoms with van der Waals surface area (Å²) in [6, 6.07) is 23.2. The van der Waals surface area contributed by atoms with E-state index in [4.69, 9.17) is 0 Å². The second-order valence-electron chi connectivity index (χ2n) is 7.95. The predicted molar refractivity (Wildman–Crippen MR) is 129 cm³/mol. The topological polar surface area (TPSA) is 76.0 Å². The van der Waals surface area contributed by atoms with E-state index in [1.54, 1.807) is 23.0 Å². The molecule has 4 aromatic rings. The Kier molecular flexibility index (Phi) is 7.13. The molecule has 1 heterocycles. The average Bonchev–Trinajstić information content (AvgIpc) is 3.30. The summed E-state index contributed by atoms with van der Waals surface area (Å²) >= 11 is 0. The van der Waals surface area contributed by atoms with Crippen LogP contribution in [0.1, 0.15) is 21.5 Å². The van der Waals surface area contributed by atoms with E-state index in [9.17, 15) is 14.0 Å². The first-order valence-corrected chi connectivity index (χ1v) is 11.0. The van der Waals surface area contributed by atoms with Gasteiger partial charge in [-0.15, -0.1) is 0 Å². The van der Waals surface area contributed by atoms with Gasteiger partial charge < -0.3 is 10.6 Å². The minimum atomic E-state index is -0.340. The number of para-hydroxylation sites is 1. The third-order valence-electron chi connectivity index (χ3n) is 5.28. The maximum atomic E-state index is 13.0. The van der Waals surface area contributed by atoms with Gasteiger partial charge >= 0.3 is 0 Å². The van der Waals surface area contributed by atoms with Crippen molar-refractivity contribution in [3.63, 3.8) is 0 Å². The highest BCUT2D eigenvalue weighted by Gasteiger charge is 2.18. The number of aryl methyl sites for hydroxylation is 1. The summed E-state index contributed by atoms with van der Waals surface area (Å²) in [5.74, 6) is -0.808. The van der Waals surface area contributed by atoms with Crippen LogP contribution in [-0.4, -0.2) is 34.7 Å². The fourth-order valence-electron chi connectivity index (χ4n) is 3.58. The van der Waals surface area contributed by atoms with Crippen LogP contribution in [0.15, 0.2) is 85.1 Å². The van der Waals surface area contributed by atoms with Gasteiger partial charge in [-0.3, -0.25) is 9.59 Å². The lowest BCUT2D eigenvalue weighted by Crippen LogP contribution is -2.35. The molecule has 0 atom stereocenters. The van der Waals surface area contributed by atoms with E-state index in [2.05, 4.69) is 15.7 Å². The molecule has 7 heteroatoms. The number of hydrogen-bond donors (Lipinski definition) is 2. The van der Waals surface area contributed by atoms with E-state index in [1.807, 2.05) is 61.5 Å². The van der Waals surface area contributed by atoms with Crippen molar-refractivity contribution >= 4 is 11.8 Å². The monoisotopic (exact) mass is 456 g/mol. The summed E-state index contributed by atoms with van der Waals surface area (Å²) in [7, 11) is 0. The molecular weight excluding hydrogens is 431 g/mol. The standard InChI is InChI=1S/C27H25FN4O2/c1-19-6-5-7-21(16-19)26-24(18-32(31-26)23-8-3-2-4-9-23)27(34)30-15-14-29-25(33)17-20-10-12-22(28)13-11-20/h2-13,16,18H,14-15,17H2,1H3,(H,29,33)(H,30,34). The number of carbonyl (C=O) groups excluding carboxylic acids is 2. The van der Waals surface area contributed by atoms with Crippen LogP contribution >= 0.6 is 0 Å². The molecule has 0 saturated heterocycles. The van der Waals surface area contributed by atoms with Crippen LogP contribution in [0.4, 0.5) is 4.39 Å². The van der Waals surface area contributed by atoms with Gasteiger partial charge in [0.05, 0.1) is 17.7 Å². The molecule has 3 aromatic carbocycles. The SMILES string of the molecule is Cc1cccc(-c2nn(-c3ccccc3)cc2C(=O)NCCNC(=O)Cc2ccc(F)cc2)c1. The molecule has 2 amide bonds. The van der Waals surface area contributed by atoms with Gasteiger partial charge in [0.25, 0.3) is 5.91 Å². The van der Waals surface area contributed by atoms with Gasteiger partial charge in [0, 0.05) is 24.8 Å². The number of aromatic nitrogens is 2. The fourth-order valence-corrected chi connectivity index (χ4v) is 3.58. The van der Waals surface area contributed by atoms with Gasteiger partial charge in [-0.1, -0.05) is 54.1 Å². The molecule has 172 valence electrons. The van der Waals surface area contributed by atoms with Crippen molar-refractivity contribution in [2.75, 3.05) is 13.1 Å². The highest BCUT2D eigenvalue weighted by atomic mass is 19.1. The Morgan fingerprint density at radius 3 is 2.38 bits per heavy atom. The molecule has 0 radical (unpaired) electrons. The Labute approximate surface area is 197 Å². The van der Waals surface area contributed by atoms with E-state index in [0.717, 1.165) is 22.4 Å². The Morgan fingerprint density at radius 2 is 1.65 bits per heavy atom. The molecule has 0 aliphatic rings. The number of amides is 2. The largest absolute Gasteiger partial charge is 0.354 e. The van der Waals surface area contributed by atoms with Gasteiger partial charge in [0.1, 0.15) is 11.5 Å². The van der Waals surface area contributed by atoms with Gasteiger partial charge in [0.2, 0.25) is 5.91 Å². The number of carbonyl (C=O) groups is 2. The van der Waals surface area contributed by atoms with E-state index in [1.165, 1.54) is 12.1 Å². The summed E-state index contributed by atoms with van der Waals surface area (Å²) in [5.41, 5.74) is 4.54. The maximum Gasteiger partial charge on any atom is 0.255 e. The molecule has 2 N–H and O–H groups in total. The van der Waals surface area contributed by atoms with E-state index >= 15 is 0 Å². The molecule has 0 spiro atoms. The molecule has 0 aliphatic heterocycles. The second-order valence-corrected chi connectivity index (χ2v) is 7.95. The van der Waals surface area contributed by atoms with Crippen LogP contribution in [-0.2, 0) is 11.2 Å². The van der Waals surface area contributed by atoms with Crippen molar-refractivity contribution in [3.05, 3.63) is 108 Å². The smallest absolute Gasteiger partial charge is 0.255 e. The minimum Gasteiger partial charge on any atom is -0.354 e. The quantitative estimate of drug-likeness (QED) is 0.393. The van der Waals surface area contributed by atoms with Gasteiger partial charge in [-0.05, 0) is 42.8 Å². The maximum absolute atomic E-state index is 13.0. The lowest BCUT2D eigenvalue weighted by Gasteiger charge is -2.08.